The second kappa shape index (κ2) is 7.63. The highest BCUT2D eigenvalue weighted by Gasteiger charge is 2.26. The summed E-state index contributed by atoms with van der Waals surface area (Å²) in [6, 6.07) is 0.404. The van der Waals surface area contributed by atoms with Crippen molar-refractivity contribution in [2.24, 2.45) is 5.92 Å². The molecule has 0 aromatic carbocycles. The fraction of sp³-hybridized carbons (Fsp3) is 0.917. The van der Waals surface area contributed by atoms with Crippen molar-refractivity contribution in [1.29, 1.82) is 0 Å². The van der Waals surface area contributed by atoms with E-state index in [1.54, 1.807) is 7.11 Å². The molecular formula is C12H24N2O2. The van der Waals surface area contributed by atoms with Crippen molar-refractivity contribution in [3.8, 4) is 0 Å². The molecule has 0 aromatic rings. The summed E-state index contributed by atoms with van der Waals surface area (Å²) in [4.78, 5) is 11.6. The fourth-order valence-corrected chi connectivity index (χ4v) is 2.35. The van der Waals surface area contributed by atoms with Gasteiger partial charge in [0, 0.05) is 19.7 Å². The second-order valence-electron chi connectivity index (χ2n) is 4.44. The number of hydrogen-bond acceptors (Lipinski definition) is 3. The largest absolute Gasteiger partial charge is 0.383 e. The molecule has 1 aliphatic carbocycles. The predicted octanol–water partition coefficient (Wildman–Crippen LogP) is 0.917. The van der Waals surface area contributed by atoms with Crippen LogP contribution in [-0.2, 0) is 9.53 Å². The zero-order valence-electron chi connectivity index (χ0n) is 10.4. The van der Waals surface area contributed by atoms with Crippen LogP contribution >= 0.6 is 0 Å². The molecule has 1 amide bonds. The van der Waals surface area contributed by atoms with E-state index in [-0.39, 0.29) is 5.91 Å². The van der Waals surface area contributed by atoms with E-state index in [4.69, 9.17) is 4.74 Å². The van der Waals surface area contributed by atoms with Crippen LogP contribution in [0.15, 0.2) is 0 Å². The minimum atomic E-state index is 0.112. The molecule has 0 radical (unpaired) electrons. The molecule has 0 saturated heterocycles. The van der Waals surface area contributed by atoms with E-state index in [1.165, 1.54) is 19.3 Å². The van der Waals surface area contributed by atoms with Gasteiger partial charge in [0.2, 0.25) is 5.91 Å². The number of carbonyl (C=O) groups excluding carboxylic acids is 1. The van der Waals surface area contributed by atoms with Crippen molar-refractivity contribution in [3.05, 3.63) is 0 Å². The van der Waals surface area contributed by atoms with Gasteiger partial charge in [0.05, 0.1) is 13.2 Å². The third kappa shape index (κ3) is 4.49. The van der Waals surface area contributed by atoms with Crippen LogP contribution in [-0.4, -0.2) is 38.8 Å². The number of ether oxygens (including phenoxy) is 1. The molecule has 1 fully saturated rings. The van der Waals surface area contributed by atoms with Gasteiger partial charge in [-0.2, -0.15) is 0 Å². The molecule has 4 heteroatoms. The van der Waals surface area contributed by atoms with Crippen LogP contribution in [0.2, 0.25) is 0 Å². The zero-order valence-corrected chi connectivity index (χ0v) is 10.4. The van der Waals surface area contributed by atoms with Gasteiger partial charge in [-0.1, -0.05) is 19.8 Å². The van der Waals surface area contributed by atoms with Crippen LogP contribution in [0.5, 0.6) is 0 Å². The Hall–Kier alpha value is -0.610. The van der Waals surface area contributed by atoms with E-state index in [0.717, 1.165) is 13.0 Å². The normalized spacial score (nSPS) is 24.6. The number of nitrogens with one attached hydrogen (secondary N) is 2. The number of methoxy groups -OCH3 is 1. The summed E-state index contributed by atoms with van der Waals surface area (Å²) in [6.45, 7) is 3.97. The smallest absolute Gasteiger partial charge is 0.234 e. The Balaban J connectivity index is 2.13. The summed E-state index contributed by atoms with van der Waals surface area (Å²) in [7, 11) is 1.66. The van der Waals surface area contributed by atoms with Crippen molar-refractivity contribution >= 4 is 5.91 Å². The summed E-state index contributed by atoms with van der Waals surface area (Å²) in [6.07, 6.45) is 4.82. The lowest BCUT2D eigenvalue weighted by Gasteiger charge is -2.19. The monoisotopic (exact) mass is 228 g/mol. The molecular weight excluding hydrogens is 204 g/mol. The van der Waals surface area contributed by atoms with Crippen LogP contribution in [0.25, 0.3) is 0 Å². The van der Waals surface area contributed by atoms with Gasteiger partial charge in [-0.25, -0.2) is 0 Å². The summed E-state index contributed by atoms with van der Waals surface area (Å²) in [5, 5.41) is 6.17. The third-order valence-corrected chi connectivity index (χ3v) is 3.30. The summed E-state index contributed by atoms with van der Waals surface area (Å²) in [5.74, 6) is 0.796. The first-order valence-electron chi connectivity index (χ1n) is 6.27. The van der Waals surface area contributed by atoms with E-state index in [9.17, 15) is 4.79 Å². The van der Waals surface area contributed by atoms with Gasteiger partial charge in [-0.3, -0.25) is 4.79 Å². The third-order valence-electron chi connectivity index (χ3n) is 3.30. The van der Waals surface area contributed by atoms with E-state index in [1.807, 2.05) is 0 Å². The van der Waals surface area contributed by atoms with Crippen molar-refractivity contribution in [2.45, 2.75) is 38.6 Å². The SMILES string of the molecule is CC[C@H]1CCC[C@@H]1NC(=O)CNCCOC. The maximum absolute atomic E-state index is 11.6. The minimum absolute atomic E-state index is 0.112. The van der Waals surface area contributed by atoms with Gasteiger partial charge in [0.1, 0.15) is 0 Å². The molecule has 0 aliphatic heterocycles. The fourth-order valence-electron chi connectivity index (χ4n) is 2.35. The molecule has 0 unspecified atom stereocenters. The van der Waals surface area contributed by atoms with Gasteiger partial charge < -0.3 is 15.4 Å². The highest BCUT2D eigenvalue weighted by atomic mass is 16.5. The molecule has 0 spiro atoms. The topological polar surface area (TPSA) is 50.4 Å². The Morgan fingerprint density at radius 1 is 1.44 bits per heavy atom. The standard InChI is InChI=1S/C12H24N2O2/c1-3-10-5-4-6-11(10)14-12(15)9-13-7-8-16-2/h10-11,13H,3-9H2,1-2H3,(H,14,15)/t10-,11-/m0/s1. The van der Waals surface area contributed by atoms with Crippen molar-refractivity contribution in [3.63, 3.8) is 0 Å². The summed E-state index contributed by atoms with van der Waals surface area (Å²) < 4.78 is 4.90. The Kier molecular flexibility index (Phi) is 6.42. The van der Waals surface area contributed by atoms with Crippen molar-refractivity contribution in [1.82, 2.24) is 10.6 Å². The van der Waals surface area contributed by atoms with Gasteiger partial charge in [0.25, 0.3) is 0 Å². The lowest BCUT2D eigenvalue weighted by molar-refractivity contribution is -0.121. The number of amides is 1. The molecule has 0 aromatic heterocycles. The Morgan fingerprint density at radius 3 is 2.94 bits per heavy atom. The first kappa shape index (κ1) is 13.5. The highest BCUT2D eigenvalue weighted by Crippen LogP contribution is 2.27. The molecule has 16 heavy (non-hydrogen) atoms. The van der Waals surface area contributed by atoms with Crippen LogP contribution < -0.4 is 10.6 Å². The van der Waals surface area contributed by atoms with Crippen LogP contribution in [0.1, 0.15) is 32.6 Å². The molecule has 4 nitrogen and oxygen atoms in total. The molecule has 2 N–H and O–H groups in total. The minimum Gasteiger partial charge on any atom is -0.383 e. The number of carbonyl (C=O) groups is 1. The molecule has 2 atom stereocenters. The second-order valence-corrected chi connectivity index (χ2v) is 4.44. The highest BCUT2D eigenvalue weighted by molar-refractivity contribution is 5.78. The average molecular weight is 228 g/mol. The van der Waals surface area contributed by atoms with Crippen molar-refractivity contribution < 1.29 is 9.53 Å². The van der Waals surface area contributed by atoms with E-state index in [0.29, 0.717) is 25.1 Å². The first-order chi connectivity index (χ1) is 7.77. The first-order valence-corrected chi connectivity index (χ1v) is 6.27. The Morgan fingerprint density at radius 2 is 2.25 bits per heavy atom. The predicted molar refractivity (Wildman–Crippen MR) is 64.3 cm³/mol. The van der Waals surface area contributed by atoms with Crippen LogP contribution in [0.4, 0.5) is 0 Å². The Labute approximate surface area is 98.1 Å². The van der Waals surface area contributed by atoms with Gasteiger partial charge in [0.15, 0.2) is 0 Å². The zero-order chi connectivity index (χ0) is 11.8. The molecule has 0 bridgehead atoms. The molecule has 1 aliphatic rings. The lowest BCUT2D eigenvalue weighted by Crippen LogP contribution is -2.42. The number of hydrogen-bond donors (Lipinski definition) is 2. The van der Waals surface area contributed by atoms with Crippen LogP contribution in [0, 0.1) is 5.92 Å². The lowest BCUT2D eigenvalue weighted by atomic mass is 10.0. The van der Waals surface area contributed by atoms with Gasteiger partial charge >= 0.3 is 0 Å². The quantitative estimate of drug-likeness (QED) is 0.637. The van der Waals surface area contributed by atoms with Crippen molar-refractivity contribution in [2.75, 3.05) is 26.8 Å². The summed E-state index contributed by atoms with van der Waals surface area (Å²) >= 11 is 0. The number of rotatable bonds is 7. The molecule has 94 valence electrons. The summed E-state index contributed by atoms with van der Waals surface area (Å²) in [5.41, 5.74) is 0. The van der Waals surface area contributed by atoms with E-state index < -0.39 is 0 Å². The van der Waals surface area contributed by atoms with E-state index >= 15 is 0 Å². The van der Waals surface area contributed by atoms with Gasteiger partial charge in [-0.15, -0.1) is 0 Å². The molecule has 1 rings (SSSR count). The van der Waals surface area contributed by atoms with Gasteiger partial charge in [-0.05, 0) is 18.8 Å². The molecule has 0 heterocycles. The maximum Gasteiger partial charge on any atom is 0.234 e. The van der Waals surface area contributed by atoms with E-state index in [2.05, 4.69) is 17.6 Å². The molecule has 1 saturated carbocycles. The Bertz CT molecular complexity index is 209. The van der Waals surface area contributed by atoms with Crippen LogP contribution in [0.3, 0.4) is 0 Å². The maximum atomic E-state index is 11.6. The average Bonchev–Trinajstić information content (AvgIpc) is 2.71.